The van der Waals surface area contributed by atoms with E-state index < -0.39 is 17.0 Å². The van der Waals surface area contributed by atoms with Gasteiger partial charge in [-0.15, -0.1) is 0 Å². The lowest BCUT2D eigenvalue weighted by atomic mass is 10.4. The first-order valence-electron chi connectivity index (χ1n) is 6.99. The molecule has 0 amide bonds. The monoisotopic (exact) mass is 309 g/mol. The van der Waals surface area contributed by atoms with Crippen LogP contribution in [-0.2, 0) is 15.9 Å². The maximum Gasteiger partial charge on any atom is 0.304 e. The van der Waals surface area contributed by atoms with Crippen molar-refractivity contribution in [2.45, 2.75) is 19.8 Å². The molecule has 0 aromatic carbocycles. The van der Waals surface area contributed by atoms with E-state index in [9.17, 15) is 9.00 Å². The van der Waals surface area contributed by atoms with Crippen molar-refractivity contribution in [3.8, 4) is 0 Å². The van der Waals surface area contributed by atoms with Crippen LogP contribution in [0.2, 0.25) is 0 Å². The first kappa shape index (κ1) is 19.5. The number of aliphatic carboxylic acids is 1. The molecule has 0 aliphatic rings. The summed E-state index contributed by atoms with van der Waals surface area (Å²) in [6.07, 6.45) is 1.16. The third kappa shape index (κ3) is 13.9. The number of hydrogen-bond donors (Lipinski definition) is 4. The van der Waals surface area contributed by atoms with Crippen LogP contribution in [0.15, 0.2) is 0 Å². The van der Waals surface area contributed by atoms with E-state index in [1.165, 1.54) is 0 Å². The molecule has 1 unspecified atom stereocenters. The number of carbonyl (C=O) groups is 1. The summed E-state index contributed by atoms with van der Waals surface area (Å²) in [5, 5.41) is 14.8. The van der Waals surface area contributed by atoms with Gasteiger partial charge in [0.15, 0.2) is 11.1 Å². The van der Waals surface area contributed by atoms with Crippen molar-refractivity contribution in [1.82, 2.24) is 15.5 Å². The third-order valence-electron chi connectivity index (χ3n) is 2.72. The number of nitrogens with one attached hydrogen (secondary N) is 2. The molecule has 20 heavy (non-hydrogen) atoms. The summed E-state index contributed by atoms with van der Waals surface area (Å²) in [6.45, 7) is 7.32. The van der Waals surface area contributed by atoms with Crippen LogP contribution in [0.25, 0.3) is 0 Å². The summed E-state index contributed by atoms with van der Waals surface area (Å²) in [7, 11) is 0. The molecule has 0 rings (SSSR count). The fourth-order valence-electron chi connectivity index (χ4n) is 1.72. The Morgan fingerprint density at radius 3 is 2.30 bits per heavy atom. The Morgan fingerprint density at radius 2 is 1.75 bits per heavy atom. The molecule has 0 spiro atoms. The smallest absolute Gasteiger partial charge is 0.304 e. The third-order valence-corrected chi connectivity index (χ3v) is 3.25. The van der Waals surface area contributed by atoms with Gasteiger partial charge in [0.05, 0.1) is 12.2 Å². The summed E-state index contributed by atoms with van der Waals surface area (Å²) in [4.78, 5) is 12.4. The van der Waals surface area contributed by atoms with Crippen LogP contribution in [0.1, 0.15) is 19.8 Å². The minimum atomic E-state index is -1.73. The Hall–Kier alpha value is -0.540. The lowest BCUT2D eigenvalue weighted by Crippen LogP contribution is -2.37. The lowest BCUT2D eigenvalue weighted by Gasteiger charge is -2.21. The Morgan fingerprint density at radius 1 is 1.10 bits per heavy atom. The van der Waals surface area contributed by atoms with Gasteiger partial charge in [0.2, 0.25) is 0 Å². The summed E-state index contributed by atoms with van der Waals surface area (Å²) in [6, 6.07) is 0. The Balaban J connectivity index is 3.48. The highest BCUT2D eigenvalue weighted by Gasteiger charge is 2.04. The van der Waals surface area contributed by atoms with Crippen molar-refractivity contribution in [2.24, 2.45) is 0 Å². The van der Waals surface area contributed by atoms with E-state index in [2.05, 4.69) is 22.5 Å². The standard InChI is InChI=1S/C12H27N3O4S/c1-2-8-15(10-11-20(18)19)9-7-14-6-5-13-4-3-12(16)17/h13-14H,2-11H2,1H3,(H,16,17)(H,18,19). The van der Waals surface area contributed by atoms with Gasteiger partial charge in [-0.2, -0.15) is 0 Å². The van der Waals surface area contributed by atoms with Gasteiger partial charge in [-0.05, 0) is 13.0 Å². The predicted molar refractivity (Wildman–Crippen MR) is 80.4 cm³/mol. The van der Waals surface area contributed by atoms with E-state index in [1.807, 2.05) is 0 Å². The summed E-state index contributed by atoms with van der Waals surface area (Å²) in [5.74, 6) is -0.501. The van der Waals surface area contributed by atoms with Gasteiger partial charge in [0.25, 0.3) is 0 Å². The van der Waals surface area contributed by atoms with Crippen molar-refractivity contribution in [3.63, 3.8) is 0 Å². The van der Waals surface area contributed by atoms with E-state index in [0.29, 0.717) is 13.1 Å². The van der Waals surface area contributed by atoms with E-state index >= 15 is 0 Å². The second-order valence-corrected chi connectivity index (χ2v) is 5.56. The number of hydrogen-bond acceptors (Lipinski definition) is 5. The Labute approximate surface area is 123 Å². The largest absolute Gasteiger partial charge is 0.481 e. The highest BCUT2D eigenvalue weighted by Crippen LogP contribution is 1.91. The molecule has 0 aliphatic heterocycles. The first-order chi connectivity index (χ1) is 9.56. The Bertz CT molecular complexity index is 279. The van der Waals surface area contributed by atoms with Crippen molar-refractivity contribution in [1.29, 1.82) is 0 Å². The molecule has 7 nitrogen and oxygen atoms in total. The van der Waals surface area contributed by atoms with Gasteiger partial charge in [0, 0.05) is 39.3 Å². The van der Waals surface area contributed by atoms with Crippen LogP contribution in [0.5, 0.6) is 0 Å². The molecule has 0 heterocycles. The summed E-state index contributed by atoms with van der Waals surface area (Å²) >= 11 is -1.73. The lowest BCUT2D eigenvalue weighted by molar-refractivity contribution is -0.136. The molecule has 0 aromatic rings. The first-order valence-corrected chi connectivity index (χ1v) is 8.27. The van der Waals surface area contributed by atoms with Gasteiger partial charge >= 0.3 is 5.97 Å². The average molecular weight is 309 g/mol. The summed E-state index contributed by atoms with van der Waals surface area (Å²) < 4.78 is 19.4. The molecule has 0 aliphatic carbocycles. The molecule has 0 bridgehead atoms. The van der Waals surface area contributed by atoms with Crippen LogP contribution < -0.4 is 10.6 Å². The quantitative estimate of drug-likeness (QED) is 0.255. The van der Waals surface area contributed by atoms with Crippen molar-refractivity contribution < 1.29 is 18.7 Å². The van der Waals surface area contributed by atoms with Gasteiger partial charge in [-0.3, -0.25) is 4.79 Å². The molecule has 0 saturated heterocycles. The van der Waals surface area contributed by atoms with Gasteiger partial charge in [-0.1, -0.05) is 6.92 Å². The summed E-state index contributed by atoms with van der Waals surface area (Å²) in [5.41, 5.74) is 0. The molecule has 4 N–H and O–H groups in total. The zero-order valence-electron chi connectivity index (χ0n) is 12.1. The fraction of sp³-hybridized carbons (Fsp3) is 0.917. The molecule has 0 saturated carbocycles. The maximum absolute atomic E-state index is 10.7. The zero-order chi connectivity index (χ0) is 15.2. The van der Waals surface area contributed by atoms with Crippen molar-refractivity contribution in [3.05, 3.63) is 0 Å². The van der Waals surface area contributed by atoms with E-state index in [1.54, 1.807) is 0 Å². The number of carboxylic acids is 1. The minimum Gasteiger partial charge on any atom is -0.481 e. The number of rotatable bonds is 14. The van der Waals surface area contributed by atoms with Crippen molar-refractivity contribution >= 4 is 17.0 Å². The van der Waals surface area contributed by atoms with Crippen LogP contribution in [0.4, 0.5) is 0 Å². The number of nitrogens with zero attached hydrogens (tertiary/aromatic N) is 1. The van der Waals surface area contributed by atoms with Crippen molar-refractivity contribution in [2.75, 3.05) is 51.6 Å². The second-order valence-electron chi connectivity index (χ2n) is 4.51. The van der Waals surface area contributed by atoms with Crippen LogP contribution in [0.3, 0.4) is 0 Å². The highest BCUT2D eigenvalue weighted by molar-refractivity contribution is 7.79. The number of carboxylic acid groups (broad SMARTS) is 1. The van der Waals surface area contributed by atoms with Crippen LogP contribution in [0, 0.1) is 0 Å². The van der Waals surface area contributed by atoms with E-state index in [4.69, 9.17) is 9.66 Å². The highest BCUT2D eigenvalue weighted by atomic mass is 32.2. The van der Waals surface area contributed by atoms with E-state index in [-0.39, 0.29) is 12.2 Å². The molecule has 0 aromatic heterocycles. The molecule has 0 radical (unpaired) electrons. The molecular formula is C12H27N3O4S. The van der Waals surface area contributed by atoms with Gasteiger partial charge < -0.3 is 25.2 Å². The molecule has 8 heteroatoms. The average Bonchev–Trinajstić information content (AvgIpc) is 2.38. The predicted octanol–water partition coefficient (Wildman–Crippen LogP) is -0.426. The normalized spacial score (nSPS) is 12.8. The molecule has 120 valence electrons. The molecular weight excluding hydrogens is 282 g/mol. The van der Waals surface area contributed by atoms with Gasteiger partial charge in [-0.25, -0.2) is 4.21 Å². The van der Waals surface area contributed by atoms with Crippen LogP contribution >= 0.6 is 0 Å². The maximum atomic E-state index is 10.7. The minimum absolute atomic E-state index is 0.141. The molecule has 0 fully saturated rings. The van der Waals surface area contributed by atoms with Crippen LogP contribution in [-0.4, -0.2) is 76.3 Å². The fourth-order valence-corrected chi connectivity index (χ4v) is 2.13. The topological polar surface area (TPSA) is 102 Å². The Kier molecular flexibility index (Phi) is 13.1. The SMILES string of the molecule is CCCN(CCNCCNCCC(=O)O)CCS(=O)O. The van der Waals surface area contributed by atoms with Gasteiger partial charge in [0.1, 0.15) is 0 Å². The zero-order valence-corrected chi connectivity index (χ0v) is 13.0. The molecule has 1 atom stereocenters. The van der Waals surface area contributed by atoms with E-state index in [0.717, 1.165) is 39.1 Å². The second kappa shape index (κ2) is 13.4.